The van der Waals surface area contributed by atoms with Gasteiger partial charge in [-0.1, -0.05) is 85.8 Å². The molecule has 3 saturated carbocycles. The smallest absolute Gasteiger partial charge is 0.153 e. The van der Waals surface area contributed by atoms with Crippen LogP contribution in [-0.4, -0.2) is 23.0 Å². The Labute approximate surface area is 222 Å². The Morgan fingerprint density at radius 2 is 1.83 bits per heavy atom. The number of allylic oxidation sites excluding steroid dienone is 1. The molecule has 0 saturated heterocycles. The fourth-order valence-electron chi connectivity index (χ4n) is 9.88. The SMILES string of the molecule is CC[C@H](C)[C@H](N)C(=O)C1C[C@H]2[C@@H]3CC=C4C[C@@H](O)CC[C@]4(C)[C@H]3CC[C@]2(C)[C@H]1[C@H](C)CCCC(C)C. The van der Waals surface area contributed by atoms with Gasteiger partial charge in [0.15, 0.2) is 5.78 Å². The van der Waals surface area contributed by atoms with Gasteiger partial charge in [-0.3, -0.25) is 4.79 Å². The second-order valence-electron chi connectivity index (χ2n) is 14.7. The molecule has 0 radical (unpaired) electrons. The van der Waals surface area contributed by atoms with E-state index in [-0.39, 0.29) is 34.8 Å². The molecule has 0 aromatic heterocycles. The van der Waals surface area contributed by atoms with Crippen LogP contribution in [0.4, 0.5) is 0 Å². The van der Waals surface area contributed by atoms with E-state index < -0.39 is 0 Å². The van der Waals surface area contributed by atoms with Crippen molar-refractivity contribution < 1.29 is 9.90 Å². The van der Waals surface area contributed by atoms with Gasteiger partial charge in [0.05, 0.1) is 12.1 Å². The first-order valence-electron chi connectivity index (χ1n) is 15.6. The Morgan fingerprint density at radius 1 is 1.11 bits per heavy atom. The van der Waals surface area contributed by atoms with Crippen molar-refractivity contribution in [1.29, 1.82) is 0 Å². The number of fused-ring (bicyclic) bond motifs is 5. The Kier molecular flexibility index (Phi) is 8.53. The highest BCUT2D eigenvalue weighted by Gasteiger charge is 2.63. The number of hydrogen-bond donors (Lipinski definition) is 2. The average Bonchev–Trinajstić information content (AvgIpc) is 3.16. The second-order valence-corrected chi connectivity index (χ2v) is 14.7. The number of carbonyl (C=O) groups excluding carboxylic acids is 1. The predicted molar refractivity (Wildman–Crippen MR) is 150 cm³/mol. The summed E-state index contributed by atoms with van der Waals surface area (Å²) in [4.78, 5) is 14.1. The molecular formula is C33H57NO2. The lowest BCUT2D eigenvalue weighted by Crippen LogP contribution is -2.51. The van der Waals surface area contributed by atoms with Gasteiger partial charge in [-0.25, -0.2) is 0 Å². The summed E-state index contributed by atoms with van der Waals surface area (Å²) >= 11 is 0. The number of aliphatic hydroxyl groups excluding tert-OH is 1. The van der Waals surface area contributed by atoms with Gasteiger partial charge in [0.25, 0.3) is 0 Å². The van der Waals surface area contributed by atoms with Crippen LogP contribution in [0.5, 0.6) is 0 Å². The zero-order chi connectivity index (χ0) is 26.4. The van der Waals surface area contributed by atoms with Crippen molar-refractivity contribution >= 4 is 5.78 Å². The van der Waals surface area contributed by atoms with Crippen molar-refractivity contribution in [2.45, 2.75) is 131 Å². The third kappa shape index (κ3) is 4.90. The molecule has 1 unspecified atom stereocenters. The normalized spacial score (nSPS) is 42.7. The number of aliphatic hydroxyl groups is 1. The first-order valence-corrected chi connectivity index (χ1v) is 15.6. The van der Waals surface area contributed by atoms with Crippen LogP contribution in [0.3, 0.4) is 0 Å². The van der Waals surface area contributed by atoms with E-state index in [4.69, 9.17) is 5.73 Å². The van der Waals surface area contributed by atoms with E-state index in [0.717, 1.165) is 44.4 Å². The van der Waals surface area contributed by atoms with Gasteiger partial charge >= 0.3 is 0 Å². The van der Waals surface area contributed by atoms with Gasteiger partial charge in [0.2, 0.25) is 0 Å². The number of Topliss-reactive ketones (excluding diaryl/α,β-unsaturated/α-hetero) is 1. The highest BCUT2D eigenvalue weighted by molar-refractivity contribution is 5.87. The van der Waals surface area contributed by atoms with Crippen LogP contribution in [0.25, 0.3) is 0 Å². The quantitative estimate of drug-likeness (QED) is 0.322. The molecular weight excluding hydrogens is 442 g/mol. The Hall–Kier alpha value is -0.670. The van der Waals surface area contributed by atoms with Crippen LogP contribution in [0.1, 0.15) is 119 Å². The summed E-state index contributed by atoms with van der Waals surface area (Å²) < 4.78 is 0. The largest absolute Gasteiger partial charge is 0.393 e. The zero-order valence-electron chi connectivity index (χ0n) is 24.6. The second kappa shape index (κ2) is 10.8. The van der Waals surface area contributed by atoms with Crippen molar-refractivity contribution in [3.05, 3.63) is 11.6 Å². The molecule has 0 aliphatic heterocycles. The molecule has 3 fully saturated rings. The molecule has 36 heavy (non-hydrogen) atoms. The number of ketones is 1. The van der Waals surface area contributed by atoms with E-state index in [0.29, 0.717) is 35.4 Å². The van der Waals surface area contributed by atoms with Gasteiger partial charge in [-0.15, -0.1) is 0 Å². The maximum absolute atomic E-state index is 14.1. The summed E-state index contributed by atoms with van der Waals surface area (Å²) in [7, 11) is 0. The molecule has 4 aliphatic carbocycles. The predicted octanol–water partition coefficient (Wildman–Crippen LogP) is 7.56. The van der Waals surface area contributed by atoms with Gasteiger partial charge in [-0.2, -0.15) is 0 Å². The Morgan fingerprint density at radius 3 is 2.50 bits per heavy atom. The van der Waals surface area contributed by atoms with Crippen LogP contribution >= 0.6 is 0 Å². The third-order valence-electron chi connectivity index (χ3n) is 12.2. The van der Waals surface area contributed by atoms with Gasteiger partial charge in [-0.05, 0) is 97.2 Å². The van der Waals surface area contributed by atoms with E-state index in [1.165, 1.54) is 37.7 Å². The lowest BCUT2D eigenvalue weighted by Gasteiger charge is -2.58. The van der Waals surface area contributed by atoms with E-state index in [9.17, 15) is 9.90 Å². The molecule has 0 bridgehead atoms. The van der Waals surface area contributed by atoms with E-state index in [2.05, 4.69) is 54.5 Å². The highest BCUT2D eigenvalue weighted by atomic mass is 16.3. The molecule has 0 amide bonds. The minimum absolute atomic E-state index is 0.128. The minimum Gasteiger partial charge on any atom is -0.393 e. The molecule has 3 N–H and O–H groups in total. The summed E-state index contributed by atoms with van der Waals surface area (Å²) in [6.45, 7) is 16.5. The van der Waals surface area contributed by atoms with E-state index >= 15 is 0 Å². The monoisotopic (exact) mass is 499 g/mol. The lowest BCUT2D eigenvalue weighted by atomic mass is 9.47. The molecule has 3 nitrogen and oxygen atoms in total. The molecule has 4 rings (SSSR count). The van der Waals surface area contributed by atoms with E-state index in [1.807, 2.05) is 0 Å². The maximum Gasteiger partial charge on any atom is 0.153 e. The standard InChI is InChI=1S/C33H57NO2/c1-8-21(4)30(34)31(36)26-19-28-25-13-12-23-18-24(35)14-16-32(23,6)27(25)15-17-33(28,7)29(26)22(5)11-9-10-20(2)3/h12,20-22,24-30,35H,8-11,13-19,34H2,1-7H3/t21-,22+,24-,25+,26?,27-,28-,29-,30-,32-,33-/m0/s1. The molecule has 0 heterocycles. The van der Waals surface area contributed by atoms with Crippen molar-refractivity contribution in [1.82, 2.24) is 0 Å². The molecule has 3 heteroatoms. The molecule has 0 aromatic rings. The summed E-state index contributed by atoms with van der Waals surface area (Å²) in [5, 5.41) is 10.4. The number of carbonyl (C=O) groups is 1. The van der Waals surface area contributed by atoms with Gasteiger partial charge in [0, 0.05) is 5.92 Å². The Balaban J connectivity index is 1.64. The van der Waals surface area contributed by atoms with Crippen molar-refractivity contribution in [2.24, 2.45) is 63.9 Å². The first kappa shape index (κ1) is 28.3. The maximum atomic E-state index is 14.1. The summed E-state index contributed by atoms with van der Waals surface area (Å²) in [5.41, 5.74) is 8.68. The third-order valence-corrected chi connectivity index (χ3v) is 12.2. The number of hydrogen-bond acceptors (Lipinski definition) is 3. The average molecular weight is 500 g/mol. The van der Waals surface area contributed by atoms with Gasteiger partial charge < -0.3 is 10.8 Å². The molecule has 0 spiro atoms. The van der Waals surface area contributed by atoms with Crippen LogP contribution in [-0.2, 0) is 4.79 Å². The van der Waals surface area contributed by atoms with Crippen molar-refractivity contribution in [2.75, 3.05) is 0 Å². The van der Waals surface area contributed by atoms with E-state index in [1.54, 1.807) is 0 Å². The highest BCUT2D eigenvalue weighted by Crippen LogP contribution is 2.68. The molecule has 11 atom stereocenters. The number of rotatable bonds is 9. The summed E-state index contributed by atoms with van der Waals surface area (Å²) in [6, 6.07) is -0.319. The number of nitrogens with two attached hydrogens (primary N) is 1. The van der Waals surface area contributed by atoms with Crippen molar-refractivity contribution in [3.8, 4) is 0 Å². The Bertz CT molecular complexity index is 819. The first-order chi connectivity index (χ1) is 16.9. The molecule has 206 valence electrons. The lowest BCUT2D eigenvalue weighted by molar-refractivity contribution is -0.128. The zero-order valence-corrected chi connectivity index (χ0v) is 24.6. The van der Waals surface area contributed by atoms with Crippen LogP contribution in [0, 0.1) is 58.2 Å². The van der Waals surface area contributed by atoms with Crippen LogP contribution in [0.15, 0.2) is 11.6 Å². The fourth-order valence-corrected chi connectivity index (χ4v) is 9.88. The molecule has 0 aromatic carbocycles. The topological polar surface area (TPSA) is 63.3 Å². The summed E-state index contributed by atoms with van der Waals surface area (Å²) in [5.74, 6) is 4.53. The van der Waals surface area contributed by atoms with Crippen LogP contribution in [0.2, 0.25) is 0 Å². The molecule has 4 aliphatic rings. The van der Waals surface area contributed by atoms with Gasteiger partial charge in [0.1, 0.15) is 0 Å². The fraction of sp³-hybridized carbons (Fsp3) is 0.909. The van der Waals surface area contributed by atoms with Crippen molar-refractivity contribution in [3.63, 3.8) is 0 Å². The minimum atomic E-state index is -0.319. The summed E-state index contributed by atoms with van der Waals surface area (Å²) in [6.07, 6.45) is 14.8. The van der Waals surface area contributed by atoms with Crippen LogP contribution < -0.4 is 5.73 Å².